The lowest BCUT2D eigenvalue weighted by Gasteiger charge is -2.14. The number of amides is 1. The fraction of sp³-hybridized carbons (Fsp3) is 0.423. The third kappa shape index (κ3) is 6.20. The van der Waals surface area contributed by atoms with Crippen molar-refractivity contribution in [2.75, 3.05) is 13.2 Å². The van der Waals surface area contributed by atoms with Crippen LogP contribution in [-0.2, 0) is 17.0 Å². The number of aromatic nitrogens is 2. The van der Waals surface area contributed by atoms with Gasteiger partial charge >= 0.3 is 0 Å². The van der Waals surface area contributed by atoms with Crippen molar-refractivity contribution >= 4 is 40.2 Å². The zero-order valence-corrected chi connectivity index (χ0v) is 21.0. The monoisotopic (exact) mass is 499 g/mol. The summed E-state index contributed by atoms with van der Waals surface area (Å²) in [7, 11) is 0. The highest BCUT2D eigenvalue weighted by Crippen LogP contribution is 2.24. The topological polar surface area (TPSA) is 73.2 Å². The van der Waals surface area contributed by atoms with E-state index in [2.05, 4.69) is 12.2 Å². The molecular formula is C26H30ClN3O3S. The molecule has 8 heteroatoms. The minimum absolute atomic E-state index is 0.0639. The van der Waals surface area contributed by atoms with Crippen LogP contribution in [0.3, 0.4) is 0 Å². The minimum Gasteiger partial charge on any atom is -0.376 e. The quantitative estimate of drug-likeness (QED) is 0.228. The average Bonchev–Trinajstić information content (AvgIpc) is 3.37. The lowest BCUT2D eigenvalue weighted by molar-refractivity contribution is 0.0858. The van der Waals surface area contributed by atoms with E-state index in [1.165, 1.54) is 11.8 Å². The summed E-state index contributed by atoms with van der Waals surface area (Å²) in [6, 6.07) is 12.8. The molecule has 6 nitrogen and oxygen atoms in total. The number of benzene rings is 2. The molecule has 1 aliphatic rings. The molecule has 2 aromatic carbocycles. The Morgan fingerprint density at radius 1 is 1.24 bits per heavy atom. The van der Waals surface area contributed by atoms with Crippen LogP contribution in [0.4, 0.5) is 0 Å². The van der Waals surface area contributed by atoms with E-state index in [1.54, 1.807) is 22.8 Å². The molecule has 1 aliphatic heterocycles. The fourth-order valence-electron chi connectivity index (χ4n) is 4.01. The molecule has 0 spiro atoms. The molecule has 0 radical (unpaired) electrons. The average molecular weight is 500 g/mol. The van der Waals surface area contributed by atoms with Gasteiger partial charge < -0.3 is 10.1 Å². The standard InChI is InChI=1S/C26H30ClN3O3S/c1-2-3-4-13-30-25(32)22-12-9-19(24(31)28-16-21-6-5-14-33-21)15-23(22)29-26(30)34-17-18-7-10-20(27)11-8-18/h7-12,15,21H,2-6,13-14,16-17H2,1H3,(H,28,31)/t21-/m0/s1. The summed E-state index contributed by atoms with van der Waals surface area (Å²) in [4.78, 5) is 30.9. The van der Waals surface area contributed by atoms with Gasteiger partial charge in [0.05, 0.1) is 17.0 Å². The number of halogens is 1. The third-order valence-electron chi connectivity index (χ3n) is 5.96. The number of nitrogens with zero attached hydrogens (tertiary/aromatic N) is 2. The first-order chi connectivity index (χ1) is 16.5. The number of unbranched alkanes of at least 4 members (excludes halogenated alkanes) is 2. The first kappa shape index (κ1) is 24.8. The van der Waals surface area contributed by atoms with E-state index in [0.29, 0.717) is 45.5 Å². The van der Waals surface area contributed by atoms with Crippen molar-refractivity contribution in [1.29, 1.82) is 0 Å². The molecule has 1 fully saturated rings. The van der Waals surface area contributed by atoms with Gasteiger partial charge in [0.2, 0.25) is 0 Å². The fourth-order valence-corrected chi connectivity index (χ4v) is 5.12. The van der Waals surface area contributed by atoms with E-state index in [9.17, 15) is 9.59 Å². The maximum Gasteiger partial charge on any atom is 0.262 e. The Labute approximate surface area is 209 Å². The number of carbonyl (C=O) groups is 1. The Bertz CT molecular complexity index is 1190. The van der Waals surface area contributed by atoms with Crippen LogP contribution in [-0.4, -0.2) is 34.7 Å². The van der Waals surface area contributed by atoms with E-state index in [0.717, 1.165) is 44.3 Å². The zero-order chi connectivity index (χ0) is 23.9. The highest BCUT2D eigenvalue weighted by Gasteiger charge is 2.18. The summed E-state index contributed by atoms with van der Waals surface area (Å²) in [6.45, 7) is 4.01. The second-order valence-electron chi connectivity index (χ2n) is 8.55. The van der Waals surface area contributed by atoms with Gasteiger partial charge in [0.1, 0.15) is 0 Å². The van der Waals surface area contributed by atoms with Crippen LogP contribution in [0.25, 0.3) is 10.9 Å². The van der Waals surface area contributed by atoms with Crippen molar-refractivity contribution in [3.05, 3.63) is 69.0 Å². The number of carbonyl (C=O) groups excluding carboxylic acids is 1. The second-order valence-corrected chi connectivity index (χ2v) is 9.93. The molecule has 180 valence electrons. The van der Waals surface area contributed by atoms with Gasteiger partial charge in [-0.05, 0) is 55.2 Å². The highest BCUT2D eigenvalue weighted by molar-refractivity contribution is 7.98. The highest BCUT2D eigenvalue weighted by atomic mass is 35.5. The molecular weight excluding hydrogens is 470 g/mol. The molecule has 1 N–H and O–H groups in total. The van der Waals surface area contributed by atoms with Crippen molar-refractivity contribution in [2.45, 2.75) is 62.6 Å². The summed E-state index contributed by atoms with van der Waals surface area (Å²) in [5.74, 6) is 0.492. The number of hydrogen-bond donors (Lipinski definition) is 1. The maximum atomic E-state index is 13.4. The summed E-state index contributed by atoms with van der Waals surface area (Å²) >= 11 is 7.53. The molecule has 3 aromatic rings. The SMILES string of the molecule is CCCCCn1c(SCc2ccc(Cl)cc2)nc2cc(C(=O)NC[C@@H]3CCCO3)ccc2c1=O. The molecule has 1 atom stereocenters. The van der Waals surface area contributed by atoms with Crippen LogP contribution in [0.15, 0.2) is 52.4 Å². The van der Waals surface area contributed by atoms with Gasteiger partial charge in [0.15, 0.2) is 5.16 Å². The molecule has 1 saturated heterocycles. The summed E-state index contributed by atoms with van der Waals surface area (Å²) in [5.41, 5.74) is 2.08. The van der Waals surface area contributed by atoms with E-state index in [-0.39, 0.29) is 17.6 Å². The van der Waals surface area contributed by atoms with Crippen molar-refractivity contribution in [3.63, 3.8) is 0 Å². The third-order valence-corrected chi connectivity index (χ3v) is 7.26. The van der Waals surface area contributed by atoms with Crippen molar-refractivity contribution < 1.29 is 9.53 Å². The van der Waals surface area contributed by atoms with Gasteiger partial charge in [-0.15, -0.1) is 0 Å². The second kappa shape index (κ2) is 11.9. The van der Waals surface area contributed by atoms with Gasteiger partial charge in [0, 0.05) is 36.0 Å². The Kier molecular flexibility index (Phi) is 8.64. The molecule has 0 saturated carbocycles. The maximum absolute atomic E-state index is 13.4. The van der Waals surface area contributed by atoms with Crippen molar-refractivity contribution in [1.82, 2.24) is 14.9 Å². The van der Waals surface area contributed by atoms with Crippen LogP contribution in [0.2, 0.25) is 5.02 Å². The van der Waals surface area contributed by atoms with Gasteiger partial charge in [-0.1, -0.05) is 55.3 Å². The Balaban J connectivity index is 1.59. The van der Waals surface area contributed by atoms with Crippen LogP contribution < -0.4 is 10.9 Å². The van der Waals surface area contributed by atoms with E-state index in [4.69, 9.17) is 21.3 Å². The van der Waals surface area contributed by atoms with E-state index >= 15 is 0 Å². The predicted molar refractivity (Wildman–Crippen MR) is 138 cm³/mol. The molecule has 34 heavy (non-hydrogen) atoms. The van der Waals surface area contributed by atoms with Crippen LogP contribution >= 0.6 is 23.4 Å². The van der Waals surface area contributed by atoms with E-state index in [1.807, 2.05) is 24.3 Å². The number of rotatable bonds is 10. The Hall–Kier alpha value is -2.35. The van der Waals surface area contributed by atoms with Gasteiger partial charge in [0.25, 0.3) is 11.5 Å². The first-order valence-corrected chi connectivity index (χ1v) is 13.2. The number of nitrogens with one attached hydrogen (secondary N) is 1. The van der Waals surface area contributed by atoms with Crippen molar-refractivity contribution in [2.24, 2.45) is 0 Å². The molecule has 1 amide bonds. The van der Waals surface area contributed by atoms with Crippen molar-refractivity contribution in [3.8, 4) is 0 Å². The van der Waals surface area contributed by atoms with Crippen LogP contribution in [0.5, 0.6) is 0 Å². The van der Waals surface area contributed by atoms with Gasteiger partial charge in [-0.2, -0.15) is 0 Å². The minimum atomic E-state index is -0.179. The molecule has 1 aromatic heterocycles. The van der Waals surface area contributed by atoms with E-state index < -0.39 is 0 Å². The molecule has 0 unspecified atom stereocenters. The number of fused-ring (bicyclic) bond motifs is 1. The predicted octanol–water partition coefficient (Wildman–Crippen LogP) is 5.44. The molecule has 0 bridgehead atoms. The smallest absolute Gasteiger partial charge is 0.262 e. The number of ether oxygens (including phenoxy) is 1. The zero-order valence-electron chi connectivity index (χ0n) is 19.4. The van der Waals surface area contributed by atoms with Crippen LogP contribution in [0, 0.1) is 0 Å². The normalized spacial score (nSPS) is 15.6. The number of hydrogen-bond acceptors (Lipinski definition) is 5. The van der Waals surface area contributed by atoms with Gasteiger partial charge in [-0.25, -0.2) is 4.98 Å². The molecule has 4 rings (SSSR count). The number of thioether (sulfide) groups is 1. The summed E-state index contributed by atoms with van der Waals surface area (Å²) < 4.78 is 7.36. The van der Waals surface area contributed by atoms with Gasteiger partial charge in [-0.3, -0.25) is 14.2 Å². The summed E-state index contributed by atoms with van der Waals surface area (Å²) in [5, 5.41) is 4.83. The van der Waals surface area contributed by atoms with Crippen LogP contribution in [0.1, 0.15) is 54.9 Å². The lowest BCUT2D eigenvalue weighted by atomic mass is 10.1. The largest absolute Gasteiger partial charge is 0.376 e. The first-order valence-electron chi connectivity index (χ1n) is 11.9. The molecule has 2 heterocycles. The molecule has 0 aliphatic carbocycles. The lowest BCUT2D eigenvalue weighted by Crippen LogP contribution is -2.31. The Morgan fingerprint density at radius 2 is 2.06 bits per heavy atom. The summed E-state index contributed by atoms with van der Waals surface area (Å²) in [6.07, 6.45) is 5.12. The Morgan fingerprint density at radius 3 is 2.79 bits per heavy atom.